The summed E-state index contributed by atoms with van der Waals surface area (Å²) < 4.78 is 5.31. The number of hydrogen-bond donors (Lipinski definition) is 2. The second-order valence-corrected chi connectivity index (χ2v) is 4.73. The number of carbonyl (C=O) groups excluding carboxylic acids is 2. The summed E-state index contributed by atoms with van der Waals surface area (Å²) in [7, 11) is 0. The molecular formula is C13H16N2O5. The number of rotatable bonds is 3. The molecular weight excluding hydrogens is 264 g/mol. The number of aliphatic carboxylic acids is 1. The van der Waals surface area contributed by atoms with E-state index >= 15 is 0 Å². The van der Waals surface area contributed by atoms with Gasteiger partial charge in [-0.05, 0) is 19.9 Å². The van der Waals surface area contributed by atoms with Gasteiger partial charge in [0, 0.05) is 13.1 Å². The van der Waals surface area contributed by atoms with Crippen molar-refractivity contribution >= 4 is 17.8 Å². The van der Waals surface area contributed by atoms with Gasteiger partial charge in [-0.1, -0.05) is 0 Å². The first-order chi connectivity index (χ1) is 9.40. The highest BCUT2D eigenvalue weighted by atomic mass is 16.4. The predicted octanol–water partition coefficient (Wildman–Crippen LogP) is 0.312. The van der Waals surface area contributed by atoms with E-state index in [1.165, 1.54) is 4.90 Å². The molecule has 108 valence electrons. The summed E-state index contributed by atoms with van der Waals surface area (Å²) in [4.78, 5) is 36.4. The number of carbonyl (C=O) groups is 3. The van der Waals surface area contributed by atoms with E-state index in [9.17, 15) is 14.4 Å². The summed E-state index contributed by atoms with van der Waals surface area (Å²) >= 11 is 0. The monoisotopic (exact) mass is 280 g/mol. The zero-order chi connectivity index (χ0) is 14.9. The van der Waals surface area contributed by atoms with Crippen molar-refractivity contribution in [3.8, 4) is 0 Å². The van der Waals surface area contributed by atoms with Crippen LogP contribution in [0.3, 0.4) is 0 Å². The molecule has 1 unspecified atom stereocenters. The Bertz CT molecular complexity index is 563. The normalized spacial score (nSPS) is 18.8. The predicted molar refractivity (Wildman–Crippen MR) is 68.3 cm³/mol. The van der Waals surface area contributed by atoms with E-state index in [1.807, 2.05) is 0 Å². The number of hydrogen-bond acceptors (Lipinski definition) is 4. The third kappa shape index (κ3) is 2.66. The van der Waals surface area contributed by atoms with Crippen LogP contribution in [0.15, 0.2) is 10.5 Å². The Morgan fingerprint density at radius 1 is 1.50 bits per heavy atom. The van der Waals surface area contributed by atoms with E-state index in [-0.39, 0.29) is 12.5 Å². The highest BCUT2D eigenvalue weighted by Gasteiger charge is 2.36. The summed E-state index contributed by atoms with van der Waals surface area (Å²) in [6.45, 7) is 3.99. The molecule has 20 heavy (non-hydrogen) atoms. The number of carboxylic acids is 1. The van der Waals surface area contributed by atoms with Crippen LogP contribution in [0.2, 0.25) is 0 Å². The SMILES string of the molecule is Cc1cc(C(=O)N2CCNC(=O)C2CC(=O)O)c(C)o1. The molecule has 0 radical (unpaired) electrons. The van der Waals surface area contributed by atoms with Crippen molar-refractivity contribution < 1.29 is 23.9 Å². The molecule has 7 nitrogen and oxygen atoms in total. The van der Waals surface area contributed by atoms with Gasteiger partial charge in [0.15, 0.2) is 0 Å². The van der Waals surface area contributed by atoms with E-state index in [1.54, 1.807) is 19.9 Å². The number of carboxylic acid groups (broad SMARTS) is 1. The molecule has 0 aliphatic carbocycles. The van der Waals surface area contributed by atoms with Crippen LogP contribution in [0.4, 0.5) is 0 Å². The Balaban J connectivity index is 2.28. The number of nitrogens with one attached hydrogen (secondary N) is 1. The van der Waals surface area contributed by atoms with Crippen LogP contribution in [-0.2, 0) is 9.59 Å². The van der Waals surface area contributed by atoms with Crippen LogP contribution >= 0.6 is 0 Å². The molecule has 1 aliphatic rings. The summed E-state index contributed by atoms with van der Waals surface area (Å²) in [5.74, 6) is -0.870. The van der Waals surface area contributed by atoms with Crippen molar-refractivity contribution in [3.63, 3.8) is 0 Å². The maximum absolute atomic E-state index is 12.5. The Labute approximate surface area is 115 Å². The van der Waals surface area contributed by atoms with Crippen molar-refractivity contribution in [2.24, 2.45) is 0 Å². The molecule has 7 heteroatoms. The Kier molecular flexibility index (Phi) is 3.78. The highest BCUT2D eigenvalue weighted by Crippen LogP contribution is 2.19. The number of amides is 2. The standard InChI is InChI=1S/C13H16N2O5/c1-7-5-9(8(2)20-7)13(19)15-4-3-14-12(18)10(15)6-11(16)17/h5,10H,3-4,6H2,1-2H3,(H,14,18)(H,16,17). The fourth-order valence-electron chi connectivity index (χ4n) is 2.32. The lowest BCUT2D eigenvalue weighted by atomic mass is 10.1. The van der Waals surface area contributed by atoms with Gasteiger partial charge in [-0.2, -0.15) is 0 Å². The van der Waals surface area contributed by atoms with E-state index in [4.69, 9.17) is 9.52 Å². The van der Waals surface area contributed by atoms with Crippen LogP contribution in [0, 0.1) is 13.8 Å². The molecule has 1 saturated heterocycles. The molecule has 2 N–H and O–H groups in total. The van der Waals surface area contributed by atoms with E-state index in [0.29, 0.717) is 23.6 Å². The summed E-state index contributed by atoms with van der Waals surface area (Å²) in [5, 5.41) is 11.4. The summed E-state index contributed by atoms with van der Waals surface area (Å²) in [6.07, 6.45) is -0.409. The third-order valence-electron chi connectivity index (χ3n) is 3.23. The van der Waals surface area contributed by atoms with Gasteiger partial charge >= 0.3 is 5.97 Å². The van der Waals surface area contributed by atoms with Crippen LogP contribution in [-0.4, -0.2) is 46.9 Å². The summed E-state index contributed by atoms with van der Waals surface area (Å²) in [6, 6.07) is 0.616. The molecule has 1 atom stereocenters. The second kappa shape index (κ2) is 5.36. The quantitative estimate of drug-likeness (QED) is 0.830. The molecule has 1 fully saturated rings. The molecule has 0 aromatic carbocycles. The largest absolute Gasteiger partial charge is 0.481 e. The number of aryl methyl sites for hydroxylation is 2. The van der Waals surface area contributed by atoms with Gasteiger partial charge in [0.05, 0.1) is 12.0 Å². The molecule has 2 rings (SSSR count). The molecule has 2 amide bonds. The van der Waals surface area contributed by atoms with Gasteiger partial charge in [-0.25, -0.2) is 0 Å². The lowest BCUT2D eigenvalue weighted by molar-refractivity contribution is -0.142. The highest BCUT2D eigenvalue weighted by molar-refractivity contribution is 5.99. The fourth-order valence-corrected chi connectivity index (χ4v) is 2.32. The minimum absolute atomic E-state index is 0.284. The molecule has 1 aromatic rings. The van der Waals surface area contributed by atoms with Crippen molar-refractivity contribution in [2.45, 2.75) is 26.3 Å². The average Bonchev–Trinajstić information content (AvgIpc) is 2.70. The topological polar surface area (TPSA) is 99.9 Å². The Hall–Kier alpha value is -2.31. The Morgan fingerprint density at radius 2 is 2.20 bits per heavy atom. The maximum Gasteiger partial charge on any atom is 0.305 e. The zero-order valence-corrected chi connectivity index (χ0v) is 11.3. The zero-order valence-electron chi connectivity index (χ0n) is 11.3. The fraction of sp³-hybridized carbons (Fsp3) is 0.462. The number of furan rings is 1. The molecule has 1 aliphatic heterocycles. The minimum atomic E-state index is -1.12. The van der Waals surface area contributed by atoms with Gasteiger partial charge in [-0.3, -0.25) is 14.4 Å². The first-order valence-electron chi connectivity index (χ1n) is 6.27. The molecule has 2 heterocycles. The third-order valence-corrected chi connectivity index (χ3v) is 3.23. The summed E-state index contributed by atoms with van der Waals surface area (Å²) in [5.41, 5.74) is 0.368. The number of piperazine rings is 1. The lowest BCUT2D eigenvalue weighted by Crippen LogP contribution is -2.57. The van der Waals surface area contributed by atoms with Gasteiger partial charge in [0.1, 0.15) is 17.6 Å². The van der Waals surface area contributed by atoms with Crippen LogP contribution in [0.1, 0.15) is 28.3 Å². The van der Waals surface area contributed by atoms with Gasteiger partial charge in [-0.15, -0.1) is 0 Å². The van der Waals surface area contributed by atoms with E-state index in [2.05, 4.69) is 5.32 Å². The second-order valence-electron chi connectivity index (χ2n) is 4.73. The first kappa shape index (κ1) is 14.1. The van der Waals surface area contributed by atoms with Gasteiger partial charge in [0.2, 0.25) is 5.91 Å². The van der Waals surface area contributed by atoms with Crippen molar-refractivity contribution in [3.05, 3.63) is 23.2 Å². The van der Waals surface area contributed by atoms with Gasteiger partial charge in [0.25, 0.3) is 5.91 Å². The lowest BCUT2D eigenvalue weighted by Gasteiger charge is -2.34. The smallest absolute Gasteiger partial charge is 0.305 e. The minimum Gasteiger partial charge on any atom is -0.481 e. The first-order valence-corrected chi connectivity index (χ1v) is 6.27. The maximum atomic E-state index is 12.5. The van der Waals surface area contributed by atoms with Gasteiger partial charge < -0.3 is 19.7 Å². The number of nitrogens with zero attached hydrogens (tertiary/aromatic N) is 1. The van der Waals surface area contributed by atoms with Crippen LogP contribution in [0.5, 0.6) is 0 Å². The average molecular weight is 280 g/mol. The molecule has 0 bridgehead atoms. The molecule has 0 spiro atoms. The van der Waals surface area contributed by atoms with Crippen molar-refractivity contribution in [1.82, 2.24) is 10.2 Å². The van der Waals surface area contributed by atoms with Crippen molar-refractivity contribution in [2.75, 3.05) is 13.1 Å². The molecule has 0 saturated carbocycles. The Morgan fingerprint density at radius 3 is 2.75 bits per heavy atom. The van der Waals surface area contributed by atoms with E-state index in [0.717, 1.165) is 0 Å². The molecule has 1 aromatic heterocycles. The van der Waals surface area contributed by atoms with Crippen LogP contribution in [0.25, 0.3) is 0 Å². The van der Waals surface area contributed by atoms with Crippen LogP contribution < -0.4 is 5.32 Å². The van der Waals surface area contributed by atoms with E-state index < -0.39 is 24.3 Å². The van der Waals surface area contributed by atoms with Crippen molar-refractivity contribution in [1.29, 1.82) is 0 Å².